The molecule has 5 heterocycles. The maximum Gasteiger partial charge on any atom is 0.386 e. The summed E-state index contributed by atoms with van der Waals surface area (Å²) in [6, 6.07) is 3.80. The molecule has 1 saturated carbocycles. The van der Waals surface area contributed by atoms with Crippen molar-refractivity contribution in [3.8, 4) is 12.1 Å². The summed E-state index contributed by atoms with van der Waals surface area (Å²) in [4.78, 5) is 45.4. The fourth-order valence-corrected chi connectivity index (χ4v) is 11.5. The highest BCUT2D eigenvalue weighted by molar-refractivity contribution is 8.44. The van der Waals surface area contributed by atoms with Crippen LogP contribution in [0.1, 0.15) is 65.7 Å². The van der Waals surface area contributed by atoms with Crippen molar-refractivity contribution in [2.75, 3.05) is 30.5 Å². The number of H-pyrrole nitrogens is 1. The standard InChI is InChI=1S/C34H48N10O10P2S2Si/c1-19(2)30(45)42-33-41-29-25(31(46)43-33)39-18-44(29)32-27-26(54-59(6,7)34(3,4)5)24(51-32)16-49-55(47,57)52-23-12-22(40-28-21(13-36)14-37-17-38-28)11-20(23)15-50-56(58,53-27)48-10-8-9-35/h14,17-20,22-24,26-27,32H,8,10-12,15-16H2,1-7H3,(H,47,57)(H,37,38,40)(H2,41,42,43,45,46)/t20-,22-,23+,24-,26-,27-,32-,55-,56+/m1/s1. The second-order valence-electron chi connectivity index (χ2n) is 16.2. The van der Waals surface area contributed by atoms with Crippen LogP contribution in [-0.4, -0.2) is 94.0 Å². The number of amides is 1. The van der Waals surface area contributed by atoms with E-state index < -0.39 is 69.9 Å². The number of hydrogen-bond acceptors (Lipinski definition) is 18. The SMILES string of the molecule is CC(C)C(=O)Nc1nc2c(ncn2[C@@H]2O[C@@H]3CO[P@@](=O)(S)O[C@H]4C[C@H](Nc5ncncc5C#N)C[C@@H]4CO[P@@](=S)(OCCC#N)O[C@@H]2[C@@H]3O[Si](C)(C)C(C)(C)C)c(=O)[nH]1. The minimum Gasteiger partial charge on any atom is -0.408 e. The molecular formula is C34H48N10O10P2S2Si. The molecule has 3 aromatic rings. The number of carbonyl (C=O) groups excluding carboxylic acids is 1. The van der Waals surface area contributed by atoms with E-state index in [1.54, 1.807) is 13.8 Å². The van der Waals surface area contributed by atoms with Gasteiger partial charge in [-0.15, -0.1) is 0 Å². The van der Waals surface area contributed by atoms with Crippen LogP contribution in [-0.2, 0) is 52.9 Å². The van der Waals surface area contributed by atoms with Crippen LogP contribution >= 0.6 is 25.8 Å². The number of aromatic amines is 1. The van der Waals surface area contributed by atoms with Crippen LogP contribution in [0.25, 0.3) is 11.2 Å². The van der Waals surface area contributed by atoms with Gasteiger partial charge in [-0.2, -0.15) is 15.5 Å². The maximum absolute atomic E-state index is 14.1. The Hall–Kier alpha value is -3.15. The monoisotopic (exact) mass is 910 g/mol. The Balaban J connectivity index is 1.42. The molecular weight excluding hydrogens is 863 g/mol. The molecule has 9 atom stereocenters. The first kappa shape index (κ1) is 45.4. The van der Waals surface area contributed by atoms with Gasteiger partial charge in [0.15, 0.2) is 25.7 Å². The molecule has 6 rings (SSSR count). The number of aromatic nitrogens is 6. The first-order valence-electron chi connectivity index (χ1n) is 18.9. The van der Waals surface area contributed by atoms with Gasteiger partial charge in [0.1, 0.15) is 42.1 Å². The van der Waals surface area contributed by atoms with Gasteiger partial charge in [-0.1, -0.05) is 46.9 Å². The number of anilines is 2. The fourth-order valence-electron chi connectivity index (χ4n) is 6.51. The topological polar surface area (TPSA) is 260 Å². The number of nitrogens with one attached hydrogen (secondary N) is 3. The summed E-state index contributed by atoms with van der Waals surface area (Å²) in [5.74, 6) is -1.04. The van der Waals surface area contributed by atoms with Crippen molar-refractivity contribution in [2.45, 2.75) is 109 Å². The Kier molecular flexibility index (Phi) is 13.9. The minimum atomic E-state index is -4.13. The molecule has 1 aliphatic carbocycles. The molecule has 0 unspecified atom stereocenters. The lowest BCUT2D eigenvalue weighted by Crippen LogP contribution is -2.50. The van der Waals surface area contributed by atoms with Gasteiger partial charge in [0, 0.05) is 17.9 Å². The van der Waals surface area contributed by atoms with E-state index in [9.17, 15) is 24.7 Å². The molecule has 0 aromatic carbocycles. The third-order valence-electron chi connectivity index (χ3n) is 10.6. The van der Waals surface area contributed by atoms with Gasteiger partial charge in [-0.05, 0) is 42.8 Å². The number of nitrogens with zero attached hydrogens (tertiary/aromatic N) is 7. The molecule has 25 heteroatoms. The molecule has 1 amide bonds. The summed E-state index contributed by atoms with van der Waals surface area (Å²) >= 11 is 10.5. The number of rotatable bonds is 10. The lowest BCUT2D eigenvalue weighted by Gasteiger charge is -2.41. The summed E-state index contributed by atoms with van der Waals surface area (Å²) in [6.45, 7) is 5.10. The molecule has 320 valence electrons. The molecule has 3 fully saturated rings. The van der Waals surface area contributed by atoms with Crippen molar-refractivity contribution >= 4 is 74.7 Å². The molecule has 3 aromatic heterocycles. The third kappa shape index (κ3) is 10.5. The zero-order valence-electron chi connectivity index (χ0n) is 33.6. The molecule has 20 nitrogen and oxygen atoms in total. The van der Waals surface area contributed by atoms with Crippen molar-refractivity contribution in [1.29, 1.82) is 10.5 Å². The van der Waals surface area contributed by atoms with E-state index in [-0.39, 0.29) is 65.9 Å². The average molecular weight is 911 g/mol. The fraction of sp³-hybridized carbons (Fsp3) is 0.647. The second kappa shape index (κ2) is 18.1. The number of imidazole rings is 1. The zero-order chi connectivity index (χ0) is 42.9. The Morgan fingerprint density at radius 1 is 1.19 bits per heavy atom. The van der Waals surface area contributed by atoms with Crippen molar-refractivity contribution in [3.63, 3.8) is 0 Å². The van der Waals surface area contributed by atoms with Crippen LogP contribution < -0.4 is 16.2 Å². The van der Waals surface area contributed by atoms with E-state index in [1.165, 1.54) is 23.4 Å². The number of ether oxygens (including phenoxy) is 1. The van der Waals surface area contributed by atoms with Crippen LogP contribution in [0, 0.1) is 34.5 Å². The highest BCUT2D eigenvalue weighted by Crippen LogP contribution is 2.60. The molecule has 3 N–H and O–H groups in total. The summed E-state index contributed by atoms with van der Waals surface area (Å²) in [5.41, 5.74) is -0.396. The second-order valence-corrected chi connectivity index (χ2v) is 26.8. The van der Waals surface area contributed by atoms with E-state index >= 15 is 0 Å². The highest BCUT2D eigenvalue weighted by Gasteiger charge is 2.55. The normalized spacial score (nSPS) is 30.4. The van der Waals surface area contributed by atoms with Crippen LogP contribution in [0.5, 0.6) is 0 Å². The van der Waals surface area contributed by atoms with Crippen molar-refractivity contribution in [3.05, 3.63) is 34.8 Å². The average Bonchev–Trinajstić information content (AvgIpc) is 3.84. The van der Waals surface area contributed by atoms with E-state index in [2.05, 4.69) is 74.6 Å². The van der Waals surface area contributed by atoms with E-state index in [0.717, 1.165) is 0 Å². The number of hydrogen-bond donors (Lipinski definition) is 4. The zero-order valence-corrected chi connectivity index (χ0v) is 38.1. The molecule has 2 saturated heterocycles. The summed E-state index contributed by atoms with van der Waals surface area (Å²) in [5, 5.41) is 24.6. The Labute approximate surface area is 352 Å². The number of nitriles is 2. The van der Waals surface area contributed by atoms with Crippen LogP contribution in [0.15, 0.2) is 23.6 Å². The van der Waals surface area contributed by atoms with Gasteiger partial charge in [0.25, 0.3) is 5.56 Å². The highest BCUT2D eigenvalue weighted by atomic mass is 32.7. The number of carbonyl (C=O) groups is 1. The summed E-state index contributed by atoms with van der Waals surface area (Å²) in [6.07, 6.45) is -0.326. The van der Waals surface area contributed by atoms with E-state index in [1.807, 2.05) is 19.2 Å². The lowest BCUT2D eigenvalue weighted by molar-refractivity contribution is -0.118. The van der Waals surface area contributed by atoms with Gasteiger partial charge in [0.2, 0.25) is 11.9 Å². The first-order chi connectivity index (χ1) is 27.7. The van der Waals surface area contributed by atoms with Gasteiger partial charge < -0.3 is 23.5 Å². The Morgan fingerprint density at radius 3 is 2.64 bits per heavy atom. The van der Waals surface area contributed by atoms with Crippen LogP contribution in [0.3, 0.4) is 0 Å². The summed E-state index contributed by atoms with van der Waals surface area (Å²) < 4.78 is 60.8. The van der Waals surface area contributed by atoms with Gasteiger partial charge in [0.05, 0.1) is 50.9 Å². The molecule has 59 heavy (non-hydrogen) atoms. The molecule has 0 radical (unpaired) electrons. The van der Waals surface area contributed by atoms with Gasteiger partial charge in [-0.3, -0.25) is 38.0 Å². The Morgan fingerprint density at radius 2 is 1.95 bits per heavy atom. The van der Waals surface area contributed by atoms with Crippen molar-refractivity contribution < 1.29 is 41.1 Å². The van der Waals surface area contributed by atoms with Crippen molar-refractivity contribution in [2.24, 2.45) is 11.8 Å². The summed E-state index contributed by atoms with van der Waals surface area (Å²) in [7, 11) is -2.69. The smallest absolute Gasteiger partial charge is 0.386 e. The van der Waals surface area contributed by atoms with Crippen molar-refractivity contribution in [1.82, 2.24) is 29.5 Å². The molecule has 2 aliphatic heterocycles. The first-order valence-corrected chi connectivity index (χ1v) is 27.1. The van der Waals surface area contributed by atoms with E-state index in [0.29, 0.717) is 18.7 Å². The van der Waals surface area contributed by atoms with E-state index in [4.69, 9.17) is 43.6 Å². The number of fused-ring (bicyclic) bond motifs is 4. The van der Waals surface area contributed by atoms with Gasteiger partial charge >= 0.3 is 13.5 Å². The van der Waals surface area contributed by atoms with Gasteiger partial charge in [-0.25, -0.2) is 19.5 Å². The van der Waals surface area contributed by atoms with Crippen LogP contribution in [0.4, 0.5) is 11.8 Å². The maximum atomic E-state index is 14.1. The third-order valence-corrected chi connectivity index (χ3v) is 19.1. The minimum absolute atomic E-state index is 0.0239. The molecule has 2 bridgehead atoms. The lowest BCUT2D eigenvalue weighted by atomic mass is 10.1. The molecule has 3 aliphatic rings. The predicted molar refractivity (Wildman–Crippen MR) is 223 cm³/mol. The number of thiol groups is 1. The largest absolute Gasteiger partial charge is 0.408 e. The molecule has 0 spiro atoms. The Bertz CT molecular complexity index is 2280. The van der Waals surface area contributed by atoms with Crippen LogP contribution in [0.2, 0.25) is 18.1 Å². The predicted octanol–water partition coefficient (Wildman–Crippen LogP) is 5.56. The quantitative estimate of drug-likeness (QED) is 0.0839.